The lowest BCUT2D eigenvalue weighted by molar-refractivity contribution is 0.456. The fourth-order valence-electron chi connectivity index (χ4n) is 1.85. The van der Waals surface area contributed by atoms with Gasteiger partial charge in [-0.1, -0.05) is 0 Å². The molecule has 5 N–H and O–H groups in total. The first-order valence-corrected chi connectivity index (χ1v) is 5.84. The summed E-state index contributed by atoms with van der Waals surface area (Å²) in [5.41, 5.74) is 10.2. The van der Waals surface area contributed by atoms with Gasteiger partial charge in [0.25, 0.3) is 0 Å². The Bertz CT molecular complexity index is 669. The molecule has 7 heteroatoms. The third-order valence-electron chi connectivity index (χ3n) is 2.66. The predicted octanol–water partition coefficient (Wildman–Crippen LogP) is 1.63. The summed E-state index contributed by atoms with van der Waals surface area (Å²) >= 11 is 0. The molecule has 0 radical (unpaired) electrons. The van der Waals surface area contributed by atoms with Gasteiger partial charge in [-0.3, -0.25) is 0 Å². The summed E-state index contributed by atoms with van der Waals surface area (Å²) in [5.74, 6) is 6.61. The lowest BCUT2D eigenvalue weighted by Gasteiger charge is -2.12. The van der Waals surface area contributed by atoms with Crippen LogP contribution < -0.4 is 21.7 Å². The molecule has 0 aliphatic rings. The smallest absolute Gasteiger partial charge is 0.226 e. The van der Waals surface area contributed by atoms with Crippen molar-refractivity contribution in [1.82, 2.24) is 9.97 Å². The number of nitrogens with two attached hydrogens (primary N) is 2. The second-order valence-electron chi connectivity index (χ2n) is 4.25. The summed E-state index contributed by atoms with van der Waals surface area (Å²) in [6, 6.07) is 7.12. The summed E-state index contributed by atoms with van der Waals surface area (Å²) in [4.78, 5) is 7.86. The van der Waals surface area contributed by atoms with Crippen molar-refractivity contribution in [2.45, 2.75) is 13.8 Å². The topological polar surface area (TPSA) is 123 Å². The van der Waals surface area contributed by atoms with Crippen molar-refractivity contribution < 1.29 is 4.74 Å². The van der Waals surface area contributed by atoms with Gasteiger partial charge in [0.15, 0.2) is 0 Å². The first kappa shape index (κ1) is 13.6. The zero-order chi connectivity index (χ0) is 14.7. The monoisotopic (exact) mass is 270 g/mol. The lowest BCUT2D eigenvalue weighted by atomic mass is 10.1. The Morgan fingerprint density at radius 1 is 1.20 bits per heavy atom. The Hall–Kier alpha value is -2.85. The van der Waals surface area contributed by atoms with Crippen LogP contribution in [-0.2, 0) is 0 Å². The fourth-order valence-corrected chi connectivity index (χ4v) is 1.85. The maximum absolute atomic E-state index is 8.92. The van der Waals surface area contributed by atoms with Gasteiger partial charge in [-0.2, -0.15) is 15.2 Å². The van der Waals surface area contributed by atoms with E-state index in [1.54, 1.807) is 12.1 Å². The van der Waals surface area contributed by atoms with Gasteiger partial charge in [0.05, 0.1) is 11.6 Å². The maximum atomic E-state index is 8.92. The molecule has 0 atom stereocenters. The normalized spacial score (nSPS) is 9.90. The number of ether oxygens (including phenoxy) is 1. The van der Waals surface area contributed by atoms with Gasteiger partial charge in [-0.05, 0) is 37.1 Å². The summed E-state index contributed by atoms with van der Waals surface area (Å²) in [6.45, 7) is 3.71. The molecule has 2 rings (SSSR count). The van der Waals surface area contributed by atoms with Crippen molar-refractivity contribution in [3.05, 3.63) is 34.9 Å². The Morgan fingerprint density at radius 3 is 2.40 bits per heavy atom. The largest absolute Gasteiger partial charge is 0.438 e. The Labute approximate surface area is 116 Å². The van der Waals surface area contributed by atoms with E-state index < -0.39 is 0 Å². The van der Waals surface area contributed by atoms with E-state index in [9.17, 15) is 0 Å². The number of aromatic nitrogens is 2. The molecular formula is C13H14N6O. The number of aryl methyl sites for hydroxylation is 2. The molecule has 1 aromatic carbocycles. The van der Waals surface area contributed by atoms with Crippen LogP contribution in [0.2, 0.25) is 0 Å². The highest BCUT2D eigenvalue weighted by molar-refractivity contribution is 5.50. The molecule has 2 aromatic rings. The van der Waals surface area contributed by atoms with Gasteiger partial charge in [0.2, 0.25) is 11.8 Å². The van der Waals surface area contributed by atoms with Gasteiger partial charge in [0, 0.05) is 6.07 Å². The number of hydrazine groups is 1. The minimum Gasteiger partial charge on any atom is -0.438 e. The first-order valence-electron chi connectivity index (χ1n) is 5.84. The van der Waals surface area contributed by atoms with Crippen molar-refractivity contribution in [2.24, 2.45) is 5.84 Å². The van der Waals surface area contributed by atoms with Gasteiger partial charge in [-0.25, -0.2) is 5.84 Å². The van der Waals surface area contributed by atoms with E-state index in [0.29, 0.717) is 17.1 Å². The van der Waals surface area contributed by atoms with Crippen molar-refractivity contribution in [1.29, 1.82) is 5.26 Å². The molecule has 0 amide bonds. The minimum absolute atomic E-state index is 0.0550. The van der Waals surface area contributed by atoms with Crippen LogP contribution in [0.3, 0.4) is 0 Å². The molecule has 0 spiro atoms. The Morgan fingerprint density at radius 2 is 1.85 bits per heavy atom. The summed E-state index contributed by atoms with van der Waals surface area (Å²) in [7, 11) is 0. The van der Waals surface area contributed by atoms with Crippen LogP contribution in [0.15, 0.2) is 18.2 Å². The van der Waals surface area contributed by atoms with E-state index in [4.69, 9.17) is 21.6 Å². The molecular weight excluding hydrogens is 256 g/mol. The molecule has 0 unspecified atom stereocenters. The van der Waals surface area contributed by atoms with Gasteiger partial charge in [0.1, 0.15) is 11.6 Å². The van der Waals surface area contributed by atoms with Gasteiger partial charge >= 0.3 is 0 Å². The second kappa shape index (κ2) is 5.42. The highest BCUT2D eigenvalue weighted by Gasteiger charge is 2.10. The van der Waals surface area contributed by atoms with Crippen molar-refractivity contribution in [2.75, 3.05) is 11.2 Å². The Balaban J connectivity index is 2.40. The minimum atomic E-state index is 0.0550. The SMILES string of the molecule is Cc1cc(C#N)cc(C)c1Oc1cc(NN)nc(N)n1. The van der Waals surface area contributed by atoms with E-state index in [2.05, 4.69) is 21.5 Å². The number of rotatable bonds is 3. The average Bonchev–Trinajstić information content (AvgIpc) is 2.41. The molecule has 0 saturated heterocycles. The summed E-state index contributed by atoms with van der Waals surface area (Å²) in [5, 5.41) is 8.92. The van der Waals surface area contributed by atoms with Crippen molar-refractivity contribution in [3.8, 4) is 17.7 Å². The average molecular weight is 270 g/mol. The molecule has 7 nitrogen and oxygen atoms in total. The van der Waals surface area contributed by atoms with Crippen LogP contribution >= 0.6 is 0 Å². The maximum Gasteiger partial charge on any atom is 0.226 e. The second-order valence-corrected chi connectivity index (χ2v) is 4.25. The molecule has 20 heavy (non-hydrogen) atoms. The van der Waals surface area contributed by atoms with Crippen LogP contribution in [-0.4, -0.2) is 9.97 Å². The predicted molar refractivity (Wildman–Crippen MR) is 75.0 cm³/mol. The number of benzene rings is 1. The third-order valence-corrected chi connectivity index (χ3v) is 2.66. The van der Waals surface area contributed by atoms with E-state index in [1.165, 1.54) is 6.07 Å². The summed E-state index contributed by atoms with van der Waals surface area (Å²) < 4.78 is 5.73. The van der Waals surface area contributed by atoms with E-state index in [0.717, 1.165) is 11.1 Å². The zero-order valence-electron chi connectivity index (χ0n) is 11.1. The zero-order valence-corrected chi connectivity index (χ0v) is 11.1. The first-order chi connectivity index (χ1) is 9.53. The fraction of sp³-hybridized carbons (Fsp3) is 0.154. The quantitative estimate of drug-likeness (QED) is 0.572. The number of nitriles is 1. The van der Waals surface area contributed by atoms with Crippen molar-refractivity contribution in [3.63, 3.8) is 0 Å². The molecule has 0 aliphatic heterocycles. The van der Waals surface area contributed by atoms with Crippen molar-refractivity contribution >= 4 is 11.8 Å². The van der Waals surface area contributed by atoms with Crippen LogP contribution in [0.25, 0.3) is 0 Å². The molecule has 1 heterocycles. The van der Waals surface area contributed by atoms with E-state index >= 15 is 0 Å². The standard InChI is InChI=1S/C13H14N6O/c1-7-3-9(6-14)4-8(2)12(7)20-11-5-10(19-16)17-13(15)18-11/h3-5H,16H2,1-2H3,(H3,15,17,18,19). The lowest BCUT2D eigenvalue weighted by Crippen LogP contribution is -2.10. The molecule has 102 valence electrons. The summed E-state index contributed by atoms with van der Waals surface area (Å²) in [6.07, 6.45) is 0. The van der Waals surface area contributed by atoms with Crippen LogP contribution in [0.5, 0.6) is 11.6 Å². The number of anilines is 2. The van der Waals surface area contributed by atoms with Crippen LogP contribution in [0.4, 0.5) is 11.8 Å². The third kappa shape index (κ3) is 2.76. The number of nitrogens with zero attached hydrogens (tertiary/aromatic N) is 3. The number of hydrogen-bond donors (Lipinski definition) is 3. The highest BCUT2D eigenvalue weighted by Crippen LogP contribution is 2.29. The molecule has 0 saturated carbocycles. The Kier molecular flexibility index (Phi) is 3.68. The van der Waals surface area contributed by atoms with Gasteiger partial charge < -0.3 is 15.9 Å². The number of nitrogens with one attached hydrogen (secondary N) is 1. The van der Waals surface area contributed by atoms with E-state index in [1.807, 2.05) is 13.8 Å². The number of nitrogen functional groups attached to an aromatic ring is 2. The van der Waals surface area contributed by atoms with Gasteiger partial charge in [-0.15, -0.1) is 0 Å². The molecule has 0 bridgehead atoms. The molecule has 0 fully saturated rings. The van der Waals surface area contributed by atoms with Crippen LogP contribution in [0, 0.1) is 25.2 Å². The highest BCUT2D eigenvalue weighted by atomic mass is 16.5. The molecule has 0 aliphatic carbocycles. The molecule has 1 aromatic heterocycles. The number of hydrogen-bond acceptors (Lipinski definition) is 7. The van der Waals surface area contributed by atoms with E-state index in [-0.39, 0.29) is 11.8 Å². The van der Waals surface area contributed by atoms with Crippen LogP contribution in [0.1, 0.15) is 16.7 Å².